The quantitative estimate of drug-likeness (QED) is 0.692. The minimum Gasteiger partial charge on any atom is -0.368 e. The third-order valence-electron chi connectivity index (χ3n) is 5.49. The summed E-state index contributed by atoms with van der Waals surface area (Å²) in [6.07, 6.45) is 6.20. The van der Waals surface area contributed by atoms with Gasteiger partial charge in [-0.25, -0.2) is 0 Å². The van der Waals surface area contributed by atoms with Crippen LogP contribution in [0.4, 0.5) is 0 Å². The summed E-state index contributed by atoms with van der Waals surface area (Å²) >= 11 is 0. The van der Waals surface area contributed by atoms with Crippen LogP contribution < -0.4 is 5.32 Å². The van der Waals surface area contributed by atoms with E-state index in [1.807, 2.05) is 4.90 Å². The minimum atomic E-state index is -0.0384. The van der Waals surface area contributed by atoms with Gasteiger partial charge in [0.2, 0.25) is 11.8 Å². The Labute approximate surface area is 146 Å². The summed E-state index contributed by atoms with van der Waals surface area (Å²) < 4.78 is 5.96. The van der Waals surface area contributed by atoms with Crippen LogP contribution in [0.2, 0.25) is 0 Å². The van der Waals surface area contributed by atoms with Crippen LogP contribution in [0.1, 0.15) is 59.3 Å². The molecular formula is C19H34N2O3. The summed E-state index contributed by atoms with van der Waals surface area (Å²) in [6, 6.07) is 0. The predicted molar refractivity (Wildman–Crippen MR) is 94.5 cm³/mol. The first-order valence-electron chi connectivity index (χ1n) is 9.63. The highest BCUT2D eigenvalue weighted by Gasteiger charge is 2.31. The van der Waals surface area contributed by atoms with Crippen molar-refractivity contribution in [2.75, 3.05) is 26.2 Å². The van der Waals surface area contributed by atoms with Crippen molar-refractivity contribution in [3.63, 3.8) is 0 Å². The van der Waals surface area contributed by atoms with Gasteiger partial charge in [0.15, 0.2) is 0 Å². The van der Waals surface area contributed by atoms with Gasteiger partial charge >= 0.3 is 0 Å². The lowest BCUT2D eigenvalue weighted by molar-refractivity contribution is -0.131. The van der Waals surface area contributed by atoms with Crippen molar-refractivity contribution in [2.45, 2.75) is 65.4 Å². The lowest BCUT2D eigenvalue weighted by Gasteiger charge is -2.37. The van der Waals surface area contributed by atoms with E-state index in [1.54, 1.807) is 0 Å². The zero-order valence-electron chi connectivity index (χ0n) is 15.6. The maximum atomic E-state index is 12.0. The molecule has 3 atom stereocenters. The van der Waals surface area contributed by atoms with Crippen LogP contribution in [0, 0.1) is 17.8 Å². The van der Waals surface area contributed by atoms with E-state index in [0.717, 1.165) is 32.4 Å². The van der Waals surface area contributed by atoms with Gasteiger partial charge in [-0.3, -0.25) is 9.59 Å². The zero-order chi connectivity index (χ0) is 17.5. The van der Waals surface area contributed by atoms with Crippen molar-refractivity contribution < 1.29 is 14.3 Å². The fourth-order valence-electron chi connectivity index (χ4n) is 3.98. The van der Waals surface area contributed by atoms with Crippen LogP contribution >= 0.6 is 0 Å². The number of hydrogen-bond acceptors (Lipinski definition) is 3. The Balaban J connectivity index is 1.62. The molecular weight excluding hydrogens is 304 g/mol. The average molecular weight is 338 g/mol. The second-order valence-corrected chi connectivity index (χ2v) is 7.86. The Bertz CT molecular complexity index is 425. The summed E-state index contributed by atoms with van der Waals surface area (Å²) in [5.74, 6) is 2.06. The fraction of sp³-hybridized carbons (Fsp3) is 0.895. The van der Waals surface area contributed by atoms with Crippen molar-refractivity contribution in [1.82, 2.24) is 10.2 Å². The summed E-state index contributed by atoms with van der Waals surface area (Å²) in [4.78, 5) is 25.4. The van der Waals surface area contributed by atoms with Crippen LogP contribution in [-0.4, -0.2) is 49.1 Å². The standard InChI is InChI=1S/C19H34N2O3/c1-14(2)16-8-7-15(3)12-17(16)24-13-18(22)20-9-5-11-21-10-4-6-19(21)23/h14-17H,4-13H2,1-3H3,(H,20,22)/t15-,16+,17-/m0/s1. The molecule has 2 aliphatic rings. The molecule has 2 rings (SSSR count). The number of nitrogens with zero attached hydrogens (tertiary/aromatic N) is 1. The molecule has 2 fully saturated rings. The Morgan fingerprint density at radius 1 is 1.38 bits per heavy atom. The summed E-state index contributed by atoms with van der Waals surface area (Å²) in [5, 5.41) is 2.91. The van der Waals surface area contributed by atoms with Crippen molar-refractivity contribution in [1.29, 1.82) is 0 Å². The smallest absolute Gasteiger partial charge is 0.246 e. The SMILES string of the molecule is CC(C)[C@H]1CC[C@H](C)C[C@@H]1OCC(=O)NCCCN1CCCC1=O. The molecule has 138 valence electrons. The minimum absolute atomic E-state index is 0.0384. The summed E-state index contributed by atoms with van der Waals surface area (Å²) in [7, 11) is 0. The first kappa shape index (κ1) is 19.2. The van der Waals surface area contributed by atoms with E-state index in [-0.39, 0.29) is 24.5 Å². The van der Waals surface area contributed by atoms with E-state index in [9.17, 15) is 9.59 Å². The highest BCUT2D eigenvalue weighted by atomic mass is 16.5. The van der Waals surface area contributed by atoms with Gasteiger partial charge in [0.1, 0.15) is 6.61 Å². The molecule has 5 nitrogen and oxygen atoms in total. The number of nitrogens with one attached hydrogen (secondary N) is 1. The van der Waals surface area contributed by atoms with Gasteiger partial charge in [-0.15, -0.1) is 0 Å². The van der Waals surface area contributed by atoms with Crippen LogP contribution in [0.15, 0.2) is 0 Å². The number of carbonyl (C=O) groups excluding carboxylic acids is 2. The molecule has 0 aromatic carbocycles. The number of carbonyl (C=O) groups is 2. The number of amides is 2. The van der Waals surface area contributed by atoms with Crippen LogP contribution in [-0.2, 0) is 14.3 Å². The molecule has 0 bridgehead atoms. The van der Waals surface area contributed by atoms with Crippen LogP contribution in [0.3, 0.4) is 0 Å². The molecule has 1 aliphatic heterocycles. The topological polar surface area (TPSA) is 58.6 Å². The van der Waals surface area contributed by atoms with Crippen LogP contribution in [0.25, 0.3) is 0 Å². The maximum Gasteiger partial charge on any atom is 0.246 e. The van der Waals surface area contributed by atoms with Crippen molar-refractivity contribution in [2.24, 2.45) is 17.8 Å². The number of ether oxygens (including phenoxy) is 1. The predicted octanol–water partition coefficient (Wildman–Crippen LogP) is 2.59. The highest BCUT2D eigenvalue weighted by molar-refractivity contribution is 5.78. The lowest BCUT2D eigenvalue weighted by atomic mass is 9.75. The molecule has 0 aromatic rings. The normalized spacial score (nSPS) is 27.8. The molecule has 24 heavy (non-hydrogen) atoms. The summed E-state index contributed by atoms with van der Waals surface area (Å²) in [5.41, 5.74) is 0. The Morgan fingerprint density at radius 3 is 2.83 bits per heavy atom. The summed E-state index contributed by atoms with van der Waals surface area (Å²) in [6.45, 7) is 9.14. The third kappa shape index (κ3) is 5.76. The van der Waals surface area contributed by atoms with Gasteiger partial charge in [-0.2, -0.15) is 0 Å². The van der Waals surface area contributed by atoms with Crippen molar-refractivity contribution in [3.05, 3.63) is 0 Å². The van der Waals surface area contributed by atoms with E-state index in [4.69, 9.17) is 4.74 Å². The van der Waals surface area contributed by atoms with Gasteiger partial charge in [0, 0.05) is 26.1 Å². The van der Waals surface area contributed by atoms with E-state index >= 15 is 0 Å². The fourth-order valence-corrected chi connectivity index (χ4v) is 3.98. The average Bonchev–Trinajstić information content (AvgIpc) is 2.94. The second-order valence-electron chi connectivity index (χ2n) is 7.86. The lowest BCUT2D eigenvalue weighted by Crippen LogP contribution is -2.38. The molecule has 1 saturated carbocycles. The number of hydrogen-bond donors (Lipinski definition) is 1. The number of likely N-dealkylation sites (tertiary alicyclic amines) is 1. The molecule has 5 heteroatoms. The monoisotopic (exact) mass is 338 g/mol. The molecule has 1 saturated heterocycles. The number of rotatable bonds is 8. The van der Waals surface area contributed by atoms with Gasteiger partial charge in [0.25, 0.3) is 0 Å². The Kier molecular flexibility index (Phi) is 7.53. The van der Waals surface area contributed by atoms with Gasteiger partial charge in [-0.1, -0.05) is 27.2 Å². The van der Waals surface area contributed by atoms with Gasteiger partial charge in [0.05, 0.1) is 6.10 Å². The molecule has 0 unspecified atom stereocenters. The van der Waals surface area contributed by atoms with Gasteiger partial charge in [-0.05, 0) is 43.4 Å². The van der Waals surface area contributed by atoms with E-state index in [1.165, 1.54) is 12.8 Å². The van der Waals surface area contributed by atoms with E-state index in [2.05, 4.69) is 26.1 Å². The molecule has 2 amide bonds. The first-order valence-corrected chi connectivity index (χ1v) is 9.63. The third-order valence-corrected chi connectivity index (χ3v) is 5.49. The first-order chi connectivity index (χ1) is 11.5. The molecule has 1 N–H and O–H groups in total. The molecule has 0 spiro atoms. The van der Waals surface area contributed by atoms with E-state index in [0.29, 0.717) is 30.7 Å². The molecule has 1 heterocycles. The Morgan fingerprint density at radius 2 is 2.17 bits per heavy atom. The molecule has 0 aromatic heterocycles. The van der Waals surface area contributed by atoms with Crippen LogP contribution in [0.5, 0.6) is 0 Å². The maximum absolute atomic E-state index is 12.0. The van der Waals surface area contributed by atoms with E-state index < -0.39 is 0 Å². The Hall–Kier alpha value is -1.10. The second kappa shape index (κ2) is 9.40. The molecule has 0 radical (unpaired) electrons. The highest BCUT2D eigenvalue weighted by Crippen LogP contribution is 2.35. The van der Waals surface area contributed by atoms with Gasteiger partial charge < -0.3 is 15.0 Å². The largest absolute Gasteiger partial charge is 0.368 e. The zero-order valence-corrected chi connectivity index (χ0v) is 15.6. The van der Waals surface area contributed by atoms with Crippen molar-refractivity contribution >= 4 is 11.8 Å². The van der Waals surface area contributed by atoms with Crippen molar-refractivity contribution in [3.8, 4) is 0 Å². The molecule has 1 aliphatic carbocycles.